The zero-order valence-corrected chi connectivity index (χ0v) is 12.1. The van der Waals surface area contributed by atoms with Gasteiger partial charge in [0.2, 0.25) is 0 Å². The van der Waals surface area contributed by atoms with Crippen molar-refractivity contribution in [2.75, 3.05) is 32.9 Å². The first-order chi connectivity index (χ1) is 9.69. The zero-order valence-electron chi connectivity index (χ0n) is 12.1. The third-order valence-electron chi connectivity index (χ3n) is 4.31. The van der Waals surface area contributed by atoms with Crippen LogP contribution in [-0.4, -0.2) is 55.4 Å². The van der Waals surface area contributed by atoms with Gasteiger partial charge < -0.3 is 19.1 Å². The lowest BCUT2D eigenvalue weighted by Gasteiger charge is -2.47. The summed E-state index contributed by atoms with van der Waals surface area (Å²) in [5.41, 5.74) is 0.592. The van der Waals surface area contributed by atoms with Gasteiger partial charge in [-0.25, -0.2) is 0 Å². The Bertz CT molecular complexity index is 401. The first-order valence-corrected chi connectivity index (χ1v) is 7.54. The third-order valence-corrected chi connectivity index (χ3v) is 4.31. The van der Waals surface area contributed by atoms with Crippen LogP contribution in [-0.2, 0) is 19.0 Å². The minimum absolute atomic E-state index is 0.0795. The Hall–Kier alpha value is -1.07. The molecule has 3 aliphatic heterocycles. The van der Waals surface area contributed by atoms with Gasteiger partial charge in [-0.3, -0.25) is 4.79 Å². The van der Waals surface area contributed by atoms with Crippen LogP contribution in [0.1, 0.15) is 32.6 Å². The maximum Gasteiger partial charge on any atom is 0.253 e. The highest BCUT2D eigenvalue weighted by atomic mass is 16.5. The molecule has 3 heterocycles. The highest BCUT2D eigenvalue weighted by molar-refractivity contribution is 5.93. The van der Waals surface area contributed by atoms with Crippen molar-refractivity contribution in [3.8, 4) is 0 Å². The summed E-state index contributed by atoms with van der Waals surface area (Å²) in [6.07, 6.45) is 5.21. The van der Waals surface area contributed by atoms with Gasteiger partial charge in [0.05, 0.1) is 36.7 Å². The molecule has 0 aromatic rings. The van der Waals surface area contributed by atoms with Gasteiger partial charge in [0.15, 0.2) is 0 Å². The Morgan fingerprint density at radius 3 is 2.85 bits per heavy atom. The van der Waals surface area contributed by atoms with E-state index in [0.29, 0.717) is 13.1 Å². The number of carbonyl (C=O) groups excluding carboxylic acids is 1. The Labute approximate surface area is 119 Å². The first-order valence-electron chi connectivity index (χ1n) is 7.54. The molecule has 0 saturated carbocycles. The van der Waals surface area contributed by atoms with Crippen molar-refractivity contribution in [2.24, 2.45) is 0 Å². The number of carbonyl (C=O) groups is 1. The van der Waals surface area contributed by atoms with Crippen LogP contribution >= 0.6 is 0 Å². The van der Waals surface area contributed by atoms with Gasteiger partial charge in [-0.1, -0.05) is 0 Å². The molecule has 1 spiro atoms. The Balaban J connectivity index is 1.72. The number of hydrogen-bond donors (Lipinski definition) is 0. The van der Waals surface area contributed by atoms with E-state index in [1.54, 1.807) is 6.26 Å². The fourth-order valence-corrected chi connectivity index (χ4v) is 3.32. The van der Waals surface area contributed by atoms with E-state index in [0.717, 1.165) is 51.1 Å². The molecule has 5 nitrogen and oxygen atoms in total. The quantitative estimate of drug-likeness (QED) is 0.730. The molecule has 112 valence electrons. The molecule has 1 amide bonds. The Kier molecular flexibility index (Phi) is 3.98. The normalized spacial score (nSPS) is 29.8. The number of amides is 1. The van der Waals surface area contributed by atoms with Crippen LogP contribution in [0.3, 0.4) is 0 Å². The monoisotopic (exact) mass is 281 g/mol. The van der Waals surface area contributed by atoms with E-state index in [9.17, 15) is 4.79 Å². The molecule has 2 saturated heterocycles. The number of ether oxygens (including phenoxy) is 3. The summed E-state index contributed by atoms with van der Waals surface area (Å²) in [4.78, 5) is 14.6. The van der Waals surface area contributed by atoms with Crippen molar-refractivity contribution in [1.29, 1.82) is 0 Å². The molecule has 1 atom stereocenters. The predicted molar refractivity (Wildman–Crippen MR) is 73.2 cm³/mol. The lowest BCUT2D eigenvalue weighted by atomic mass is 9.90. The van der Waals surface area contributed by atoms with E-state index in [1.807, 2.05) is 11.8 Å². The Morgan fingerprint density at radius 1 is 1.35 bits per heavy atom. The lowest BCUT2D eigenvalue weighted by molar-refractivity contribution is -0.188. The molecule has 0 bridgehead atoms. The molecular weight excluding hydrogens is 258 g/mol. The fourth-order valence-electron chi connectivity index (χ4n) is 3.32. The van der Waals surface area contributed by atoms with Crippen LogP contribution in [0.2, 0.25) is 0 Å². The molecule has 0 N–H and O–H groups in total. The summed E-state index contributed by atoms with van der Waals surface area (Å²) in [5, 5.41) is 0. The molecule has 0 aliphatic carbocycles. The van der Waals surface area contributed by atoms with E-state index in [-0.39, 0.29) is 17.6 Å². The summed E-state index contributed by atoms with van der Waals surface area (Å²) in [6.45, 7) is 5.55. The van der Waals surface area contributed by atoms with Crippen LogP contribution in [0, 0.1) is 0 Å². The largest absolute Gasteiger partial charge is 0.501 e. The molecule has 2 fully saturated rings. The standard InChI is InChI=1S/C15H23NO4/c1-12-9-16(14(17)13-3-2-6-19-10-13)11-15(20-12)4-7-18-8-5-15/h10,12H,2-9,11H2,1H3. The molecule has 20 heavy (non-hydrogen) atoms. The molecule has 3 rings (SSSR count). The van der Waals surface area contributed by atoms with E-state index in [4.69, 9.17) is 14.2 Å². The molecule has 3 aliphatic rings. The maximum absolute atomic E-state index is 12.6. The van der Waals surface area contributed by atoms with Crippen molar-refractivity contribution < 1.29 is 19.0 Å². The zero-order chi connectivity index (χ0) is 14.0. The number of morpholine rings is 1. The minimum Gasteiger partial charge on any atom is -0.501 e. The van der Waals surface area contributed by atoms with Gasteiger partial charge in [0.1, 0.15) is 0 Å². The van der Waals surface area contributed by atoms with Crippen molar-refractivity contribution >= 4 is 5.91 Å². The van der Waals surface area contributed by atoms with Crippen LogP contribution in [0.15, 0.2) is 11.8 Å². The number of hydrogen-bond acceptors (Lipinski definition) is 4. The van der Waals surface area contributed by atoms with Crippen LogP contribution in [0.5, 0.6) is 0 Å². The molecular formula is C15H23NO4. The van der Waals surface area contributed by atoms with Gasteiger partial charge in [-0.05, 0) is 19.8 Å². The average Bonchev–Trinajstić information content (AvgIpc) is 2.47. The second-order valence-electron chi connectivity index (χ2n) is 6.03. The molecule has 5 heteroatoms. The Morgan fingerprint density at radius 2 is 2.15 bits per heavy atom. The molecule has 1 unspecified atom stereocenters. The van der Waals surface area contributed by atoms with Gasteiger partial charge in [0, 0.05) is 32.6 Å². The second-order valence-corrected chi connectivity index (χ2v) is 6.03. The highest BCUT2D eigenvalue weighted by Gasteiger charge is 2.42. The van der Waals surface area contributed by atoms with E-state index < -0.39 is 0 Å². The summed E-state index contributed by atoms with van der Waals surface area (Å²) >= 11 is 0. The van der Waals surface area contributed by atoms with Gasteiger partial charge in [-0.2, -0.15) is 0 Å². The van der Waals surface area contributed by atoms with Crippen molar-refractivity contribution in [1.82, 2.24) is 4.90 Å². The van der Waals surface area contributed by atoms with E-state index in [1.165, 1.54) is 0 Å². The van der Waals surface area contributed by atoms with Crippen molar-refractivity contribution in [3.63, 3.8) is 0 Å². The van der Waals surface area contributed by atoms with Gasteiger partial charge in [-0.15, -0.1) is 0 Å². The summed E-state index contributed by atoms with van der Waals surface area (Å²) in [7, 11) is 0. The minimum atomic E-state index is -0.207. The lowest BCUT2D eigenvalue weighted by Crippen LogP contribution is -2.58. The van der Waals surface area contributed by atoms with Crippen molar-refractivity contribution in [3.05, 3.63) is 11.8 Å². The fraction of sp³-hybridized carbons (Fsp3) is 0.800. The van der Waals surface area contributed by atoms with Gasteiger partial charge >= 0.3 is 0 Å². The maximum atomic E-state index is 12.6. The molecule has 0 radical (unpaired) electrons. The van der Waals surface area contributed by atoms with Gasteiger partial charge in [0.25, 0.3) is 5.91 Å². The van der Waals surface area contributed by atoms with Crippen LogP contribution in [0.4, 0.5) is 0 Å². The van der Waals surface area contributed by atoms with Crippen LogP contribution in [0.25, 0.3) is 0 Å². The third kappa shape index (κ3) is 2.83. The number of nitrogens with zero attached hydrogens (tertiary/aromatic N) is 1. The number of rotatable bonds is 1. The topological polar surface area (TPSA) is 48.0 Å². The summed E-state index contributed by atoms with van der Waals surface area (Å²) in [5.74, 6) is 0.116. The van der Waals surface area contributed by atoms with Crippen molar-refractivity contribution in [2.45, 2.75) is 44.3 Å². The molecule has 0 aromatic heterocycles. The van der Waals surface area contributed by atoms with E-state index in [2.05, 4.69) is 0 Å². The summed E-state index contributed by atoms with van der Waals surface area (Å²) < 4.78 is 16.9. The smallest absolute Gasteiger partial charge is 0.253 e. The average molecular weight is 281 g/mol. The summed E-state index contributed by atoms with van der Waals surface area (Å²) in [6, 6.07) is 0. The molecule has 0 aromatic carbocycles. The first kappa shape index (κ1) is 13.9. The second kappa shape index (κ2) is 5.74. The SMILES string of the molecule is CC1CN(C(=O)C2=COCCC2)CC2(CCOCC2)O1. The van der Waals surface area contributed by atoms with Crippen LogP contribution < -0.4 is 0 Å². The predicted octanol–water partition coefficient (Wildman–Crippen LogP) is 1.48. The highest BCUT2D eigenvalue weighted by Crippen LogP contribution is 2.32. The van der Waals surface area contributed by atoms with E-state index >= 15 is 0 Å².